The van der Waals surface area contributed by atoms with Gasteiger partial charge in [0.2, 0.25) is 0 Å². The van der Waals surface area contributed by atoms with Crippen LogP contribution in [0.3, 0.4) is 0 Å². The zero-order valence-corrected chi connectivity index (χ0v) is 11.4. The van der Waals surface area contributed by atoms with Crippen LogP contribution in [0.5, 0.6) is 6.01 Å². The fourth-order valence-corrected chi connectivity index (χ4v) is 3.00. The second kappa shape index (κ2) is 5.11. The summed E-state index contributed by atoms with van der Waals surface area (Å²) in [7, 11) is 0. The number of imidazole rings is 1. The number of nitrogen functional groups attached to an aromatic ring is 1. The summed E-state index contributed by atoms with van der Waals surface area (Å²) in [6, 6.07) is 6.31. The van der Waals surface area contributed by atoms with E-state index in [1.165, 1.54) is 25.7 Å². The van der Waals surface area contributed by atoms with E-state index in [2.05, 4.69) is 16.9 Å². The van der Waals surface area contributed by atoms with Gasteiger partial charge < -0.3 is 15.5 Å². The monoisotopic (exact) mass is 259 g/mol. The molecule has 3 N–H and O–H groups in total. The molecule has 0 spiro atoms. The summed E-state index contributed by atoms with van der Waals surface area (Å²) >= 11 is 0. The third-order valence-corrected chi connectivity index (χ3v) is 4.11. The molecule has 1 fully saturated rings. The van der Waals surface area contributed by atoms with Gasteiger partial charge in [-0.25, -0.2) is 0 Å². The second-order valence-electron chi connectivity index (χ2n) is 5.43. The number of H-pyrrole nitrogens is 1. The lowest BCUT2D eigenvalue weighted by Gasteiger charge is -2.30. The molecular weight excluding hydrogens is 238 g/mol. The summed E-state index contributed by atoms with van der Waals surface area (Å²) in [6.45, 7) is 2.24. The van der Waals surface area contributed by atoms with E-state index in [9.17, 15) is 0 Å². The maximum absolute atomic E-state index is 6.08. The first-order valence-electron chi connectivity index (χ1n) is 7.18. The van der Waals surface area contributed by atoms with Crippen LogP contribution in [0.4, 0.5) is 5.69 Å². The quantitative estimate of drug-likeness (QED) is 0.829. The highest BCUT2D eigenvalue weighted by Gasteiger charge is 2.26. The SMILES string of the molecule is CCC1CCCCC1Oc1nc2ccc(N)cc2[nH]1. The molecule has 1 heterocycles. The maximum Gasteiger partial charge on any atom is 0.294 e. The highest BCUT2D eigenvalue weighted by atomic mass is 16.5. The highest BCUT2D eigenvalue weighted by molar-refractivity contribution is 5.79. The van der Waals surface area contributed by atoms with Gasteiger partial charge in [0.15, 0.2) is 0 Å². The zero-order valence-electron chi connectivity index (χ0n) is 11.4. The van der Waals surface area contributed by atoms with Crippen LogP contribution < -0.4 is 10.5 Å². The highest BCUT2D eigenvalue weighted by Crippen LogP contribution is 2.30. The van der Waals surface area contributed by atoms with E-state index >= 15 is 0 Å². The topological polar surface area (TPSA) is 63.9 Å². The van der Waals surface area contributed by atoms with Gasteiger partial charge in [0.1, 0.15) is 6.10 Å². The van der Waals surface area contributed by atoms with Gasteiger partial charge in [-0.15, -0.1) is 0 Å². The molecule has 1 saturated carbocycles. The Morgan fingerprint density at radius 3 is 3.05 bits per heavy atom. The number of benzene rings is 1. The number of ether oxygens (including phenoxy) is 1. The van der Waals surface area contributed by atoms with E-state index in [4.69, 9.17) is 10.5 Å². The predicted octanol–water partition coefficient (Wildman–Crippen LogP) is 3.49. The fraction of sp³-hybridized carbons (Fsp3) is 0.533. The normalized spacial score (nSPS) is 23.6. The van der Waals surface area contributed by atoms with Crippen molar-refractivity contribution >= 4 is 16.7 Å². The molecule has 1 aromatic heterocycles. The standard InChI is InChI=1S/C15H21N3O/c1-2-10-5-3-4-6-14(10)19-15-17-12-8-7-11(16)9-13(12)18-15/h7-10,14H,2-6,16H2,1H3,(H,17,18). The number of aromatic amines is 1. The van der Waals surface area contributed by atoms with Gasteiger partial charge in [0.05, 0.1) is 11.0 Å². The van der Waals surface area contributed by atoms with Crippen molar-refractivity contribution in [3.63, 3.8) is 0 Å². The van der Waals surface area contributed by atoms with Crippen LogP contribution in [0.25, 0.3) is 11.0 Å². The van der Waals surface area contributed by atoms with Crippen molar-refractivity contribution in [2.75, 3.05) is 5.73 Å². The summed E-state index contributed by atoms with van der Waals surface area (Å²) in [5.41, 5.74) is 8.37. The molecule has 102 valence electrons. The Morgan fingerprint density at radius 2 is 2.21 bits per heavy atom. The number of rotatable bonds is 3. The Hall–Kier alpha value is -1.71. The van der Waals surface area contributed by atoms with Gasteiger partial charge in [-0.1, -0.05) is 13.3 Å². The van der Waals surface area contributed by atoms with Crippen LogP contribution in [0.15, 0.2) is 18.2 Å². The van der Waals surface area contributed by atoms with Crippen molar-refractivity contribution in [3.8, 4) is 6.01 Å². The zero-order chi connectivity index (χ0) is 13.2. The lowest BCUT2D eigenvalue weighted by atomic mass is 9.85. The molecule has 0 aliphatic heterocycles. The van der Waals surface area contributed by atoms with Crippen molar-refractivity contribution in [2.24, 2.45) is 5.92 Å². The first-order chi connectivity index (χ1) is 9.26. The first kappa shape index (κ1) is 12.3. The van der Waals surface area contributed by atoms with Crippen molar-refractivity contribution in [1.82, 2.24) is 9.97 Å². The third-order valence-electron chi connectivity index (χ3n) is 4.11. The van der Waals surface area contributed by atoms with Crippen LogP contribution in [0.1, 0.15) is 39.0 Å². The summed E-state index contributed by atoms with van der Waals surface area (Å²) < 4.78 is 6.08. The molecule has 0 radical (unpaired) electrons. The molecule has 2 unspecified atom stereocenters. The minimum absolute atomic E-state index is 0.302. The average Bonchev–Trinajstić information content (AvgIpc) is 2.80. The molecule has 3 rings (SSSR count). The van der Waals surface area contributed by atoms with Gasteiger partial charge in [-0.05, 0) is 49.8 Å². The smallest absolute Gasteiger partial charge is 0.294 e. The predicted molar refractivity (Wildman–Crippen MR) is 77.2 cm³/mol. The van der Waals surface area contributed by atoms with Gasteiger partial charge >= 0.3 is 0 Å². The third kappa shape index (κ3) is 2.53. The van der Waals surface area contributed by atoms with Gasteiger partial charge in [-0.3, -0.25) is 0 Å². The van der Waals surface area contributed by atoms with E-state index in [0.717, 1.165) is 23.1 Å². The molecule has 19 heavy (non-hydrogen) atoms. The van der Waals surface area contributed by atoms with Crippen LogP contribution >= 0.6 is 0 Å². The van der Waals surface area contributed by atoms with Crippen LogP contribution in [-0.4, -0.2) is 16.1 Å². The second-order valence-corrected chi connectivity index (χ2v) is 5.43. The number of nitrogens with zero attached hydrogens (tertiary/aromatic N) is 1. The summed E-state index contributed by atoms with van der Waals surface area (Å²) in [4.78, 5) is 7.70. The van der Waals surface area contributed by atoms with Gasteiger partial charge in [0.25, 0.3) is 6.01 Å². The minimum Gasteiger partial charge on any atom is -0.461 e. The molecule has 2 aromatic rings. The van der Waals surface area contributed by atoms with Crippen molar-refractivity contribution < 1.29 is 4.74 Å². The lowest BCUT2D eigenvalue weighted by molar-refractivity contribution is 0.0822. The molecule has 1 aliphatic rings. The number of fused-ring (bicyclic) bond motifs is 1. The van der Waals surface area contributed by atoms with E-state index in [1.54, 1.807) is 0 Å². The lowest BCUT2D eigenvalue weighted by Crippen LogP contribution is -2.30. The van der Waals surface area contributed by atoms with Gasteiger partial charge in [-0.2, -0.15) is 4.98 Å². The molecule has 1 aliphatic carbocycles. The molecule has 0 amide bonds. The fourth-order valence-electron chi connectivity index (χ4n) is 3.00. The Morgan fingerprint density at radius 1 is 1.37 bits per heavy atom. The van der Waals surface area contributed by atoms with Gasteiger partial charge in [0, 0.05) is 5.69 Å². The molecule has 0 bridgehead atoms. The van der Waals surface area contributed by atoms with E-state index < -0.39 is 0 Å². The van der Waals surface area contributed by atoms with E-state index in [0.29, 0.717) is 18.0 Å². The molecule has 4 nitrogen and oxygen atoms in total. The van der Waals surface area contributed by atoms with Crippen LogP contribution in [0, 0.1) is 5.92 Å². The van der Waals surface area contributed by atoms with E-state index in [-0.39, 0.29) is 0 Å². The maximum atomic E-state index is 6.08. The Labute approximate surface area is 113 Å². The average molecular weight is 259 g/mol. The Kier molecular flexibility index (Phi) is 3.32. The summed E-state index contributed by atoms with van der Waals surface area (Å²) in [5.74, 6) is 0.659. The summed E-state index contributed by atoms with van der Waals surface area (Å²) in [5, 5.41) is 0. The van der Waals surface area contributed by atoms with Crippen molar-refractivity contribution in [3.05, 3.63) is 18.2 Å². The van der Waals surface area contributed by atoms with Crippen molar-refractivity contribution in [2.45, 2.75) is 45.1 Å². The van der Waals surface area contributed by atoms with Crippen molar-refractivity contribution in [1.29, 1.82) is 0 Å². The molecular formula is C15H21N3O. The number of nitrogens with one attached hydrogen (secondary N) is 1. The largest absolute Gasteiger partial charge is 0.461 e. The molecule has 2 atom stereocenters. The number of nitrogens with two attached hydrogens (primary N) is 1. The molecule has 0 saturated heterocycles. The summed E-state index contributed by atoms with van der Waals surface area (Å²) in [6.07, 6.45) is 6.48. The Balaban J connectivity index is 1.80. The van der Waals surface area contributed by atoms with Crippen LogP contribution in [-0.2, 0) is 0 Å². The first-order valence-corrected chi connectivity index (χ1v) is 7.18. The number of hydrogen-bond donors (Lipinski definition) is 2. The Bertz CT molecular complexity index is 564. The van der Waals surface area contributed by atoms with E-state index in [1.807, 2.05) is 18.2 Å². The number of hydrogen-bond acceptors (Lipinski definition) is 3. The minimum atomic E-state index is 0.302. The molecule has 1 aromatic carbocycles. The van der Waals surface area contributed by atoms with Crippen LogP contribution in [0.2, 0.25) is 0 Å². The molecule has 4 heteroatoms. The number of aromatic nitrogens is 2. The number of anilines is 1.